The molecule has 1 saturated heterocycles. The molecule has 3 rings (SSSR count). The number of nitrogens with two attached hydrogens (primary N) is 1. The van der Waals surface area contributed by atoms with Crippen molar-refractivity contribution in [3.05, 3.63) is 22.7 Å². The average molecular weight is 262 g/mol. The molecule has 1 aromatic heterocycles. The van der Waals surface area contributed by atoms with Gasteiger partial charge in [0, 0.05) is 31.0 Å². The van der Waals surface area contributed by atoms with E-state index in [9.17, 15) is 4.79 Å². The van der Waals surface area contributed by atoms with Gasteiger partial charge in [0.05, 0.1) is 0 Å². The first kappa shape index (κ1) is 12.7. The summed E-state index contributed by atoms with van der Waals surface area (Å²) < 4.78 is 1.86. The van der Waals surface area contributed by atoms with E-state index in [0.717, 1.165) is 38.6 Å². The summed E-state index contributed by atoms with van der Waals surface area (Å²) in [5.41, 5.74) is 5.77. The standard InChI is InChI=1S/C14H22N4O/c15-7-6-11-3-1-2-9-17(11)13-14(19)18(10-8-16-13)12-4-5-12/h8,10-12H,1-7,9,15H2. The predicted molar refractivity (Wildman–Crippen MR) is 75.4 cm³/mol. The summed E-state index contributed by atoms with van der Waals surface area (Å²) >= 11 is 0. The third-order valence-electron chi connectivity index (χ3n) is 4.19. The monoisotopic (exact) mass is 262 g/mol. The van der Waals surface area contributed by atoms with Crippen LogP contribution in [0.1, 0.15) is 44.6 Å². The van der Waals surface area contributed by atoms with Crippen molar-refractivity contribution in [3.8, 4) is 0 Å². The number of anilines is 1. The summed E-state index contributed by atoms with van der Waals surface area (Å²) in [7, 11) is 0. The molecule has 2 N–H and O–H groups in total. The molecule has 2 aliphatic rings. The largest absolute Gasteiger partial charge is 0.349 e. The van der Waals surface area contributed by atoms with Gasteiger partial charge in [-0.3, -0.25) is 4.79 Å². The molecule has 1 aliphatic heterocycles. The van der Waals surface area contributed by atoms with Crippen LogP contribution in [-0.4, -0.2) is 28.7 Å². The van der Waals surface area contributed by atoms with Crippen LogP contribution >= 0.6 is 0 Å². The van der Waals surface area contributed by atoms with Crippen molar-refractivity contribution in [2.45, 2.75) is 50.6 Å². The average Bonchev–Trinajstić information content (AvgIpc) is 3.25. The molecule has 1 unspecified atom stereocenters. The zero-order valence-corrected chi connectivity index (χ0v) is 11.3. The number of nitrogens with zero attached hydrogens (tertiary/aromatic N) is 3. The molecule has 5 nitrogen and oxygen atoms in total. The van der Waals surface area contributed by atoms with Gasteiger partial charge >= 0.3 is 0 Å². The lowest BCUT2D eigenvalue weighted by Gasteiger charge is -2.36. The van der Waals surface area contributed by atoms with Crippen molar-refractivity contribution in [1.29, 1.82) is 0 Å². The van der Waals surface area contributed by atoms with Crippen LogP contribution in [0.4, 0.5) is 5.82 Å². The predicted octanol–water partition coefficient (Wildman–Crippen LogP) is 1.29. The van der Waals surface area contributed by atoms with Gasteiger partial charge in [0.1, 0.15) is 0 Å². The highest BCUT2D eigenvalue weighted by atomic mass is 16.1. The second-order valence-corrected chi connectivity index (χ2v) is 5.61. The molecule has 2 heterocycles. The third-order valence-corrected chi connectivity index (χ3v) is 4.19. The van der Waals surface area contributed by atoms with Gasteiger partial charge < -0.3 is 15.2 Å². The molecule has 1 aliphatic carbocycles. The Morgan fingerprint density at radius 3 is 2.89 bits per heavy atom. The fourth-order valence-electron chi connectivity index (χ4n) is 3.02. The van der Waals surface area contributed by atoms with E-state index in [4.69, 9.17) is 5.73 Å². The van der Waals surface area contributed by atoms with Crippen LogP contribution in [0, 0.1) is 0 Å². The molecule has 104 valence electrons. The second-order valence-electron chi connectivity index (χ2n) is 5.61. The summed E-state index contributed by atoms with van der Waals surface area (Å²) in [4.78, 5) is 19.1. The Bertz CT molecular complexity index is 492. The smallest absolute Gasteiger partial charge is 0.293 e. The first-order valence-corrected chi connectivity index (χ1v) is 7.35. The topological polar surface area (TPSA) is 64.2 Å². The van der Waals surface area contributed by atoms with Gasteiger partial charge in [-0.2, -0.15) is 0 Å². The van der Waals surface area contributed by atoms with Crippen LogP contribution in [-0.2, 0) is 0 Å². The summed E-state index contributed by atoms with van der Waals surface area (Å²) in [5, 5.41) is 0. The SMILES string of the molecule is NCCC1CCCCN1c1nccn(C2CC2)c1=O. The lowest BCUT2D eigenvalue weighted by atomic mass is 9.99. The van der Waals surface area contributed by atoms with E-state index in [1.54, 1.807) is 6.20 Å². The quantitative estimate of drug-likeness (QED) is 0.888. The minimum atomic E-state index is 0.0777. The molecule has 1 atom stereocenters. The molecule has 0 spiro atoms. The van der Waals surface area contributed by atoms with E-state index in [1.165, 1.54) is 6.42 Å². The zero-order valence-electron chi connectivity index (χ0n) is 11.3. The van der Waals surface area contributed by atoms with E-state index >= 15 is 0 Å². The molecule has 1 aromatic rings. The molecule has 0 radical (unpaired) electrons. The molecule has 2 fully saturated rings. The Hall–Kier alpha value is -1.36. The minimum absolute atomic E-state index is 0.0777. The summed E-state index contributed by atoms with van der Waals surface area (Å²) in [6.07, 6.45) is 10.3. The van der Waals surface area contributed by atoms with E-state index in [2.05, 4.69) is 9.88 Å². The van der Waals surface area contributed by atoms with Crippen LogP contribution < -0.4 is 16.2 Å². The van der Waals surface area contributed by atoms with Gasteiger partial charge in [-0.15, -0.1) is 0 Å². The molecule has 1 saturated carbocycles. The minimum Gasteiger partial charge on any atom is -0.349 e. The number of aromatic nitrogens is 2. The maximum atomic E-state index is 12.5. The van der Waals surface area contributed by atoms with Gasteiger partial charge in [0.15, 0.2) is 5.82 Å². The number of piperidine rings is 1. The Morgan fingerprint density at radius 1 is 1.32 bits per heavy atom. The first-order chi connectivity index (χ1) is 9.31. The van der Waals surface area contributed by atoms with Crippen molar-refractivity contribution < 1.29 is 0 Å². The number of hydrogen-bond acceptors (Lipinski definition) is 4. The van der Waals surface area contributed by atoms with Crippen molar-refractivity contribution in [3.63, 3.8) is 0 Å². The van der Waals surface area contributed by atoms with Crippen LogP contribution in [0.3, 0.4) is 0 Å². The number of hydrogen-bond donors (Lipinski definition) is 1. The molecule has 5 heteroatoms. The maximum Gasteiger partial charge on any atom is 0.293 e. The molecule has 19 heavy (non-hydrogen) atoms. The van der Waals surface area contributed by atoms with Crippen molar-refractivity contribution >= 4 is 5.82 Å². The van der Waals surface area contributed by atoms with Gasteiger partial charge in [-0.05, 0) is 45.1 Å². The van der Waals surface area contributed by atoms with Crippen molar-refractivity contribution in [2.75, 3.05) is 18.0 Å². The van der Waals surface area contributed by atoms with Crippen molar-refractivity contribution in [1.82, 2.24) is 9.55 Å². The molecule has 0 amide bonds. The van der Waals surface area contributed by atoms with E-state index in [0.29, 0.717) is 24.4 Å². The highest BCUT2D eigenvalue weighted by Crippen LogP contribution is 2.33. The Morgan fingerprint density at radius 2 is 2.16 bits per heavy atom. The highest BCUT2D eigenvalue weighted by molar-refractivity contribution is 5.38. The Labute approximate surface area is 113 Å². The summed E-state index contributed by atoms with van der Waals surface area (Å²) in [6.45, 7) is 1.60. The van der Waals surface area contributed by atoms with Crippen LogP contribution in [0.25, 0.3) is 0 Å². The van der Waals surface area contributed by atoms with E-state index < -0.39 is 0 Å². The first-order valence-electron chi connectivity index (χ1n) is 7.35. The Kier molecular flexibility index (Phi) is 3.55. The zero-order chi connectivity index (χ0) is 13.2. The number of rotatable bonds is 4. The van der Waals surface area contributed by atoms with E-state index in [1.807, 2.05) is 10.8 Å². The second kappa shape index (κ2) is 5.33. The molecule has 0 bridgehead atoms. The van der Waals surface area contributed by atoms with E-state index in [-0.39, 0.29) is 5.56 Å². The lowest BCUT2D eigenvalue weighted by molar-refractivity contribution is 0.436. The normalized spacial score (nSPS) is 23.6. The Balaban J connectivity index is 1.91. The molecular weight excluding hydrogens is 240 g/mol. The maximum absolute atomic E-state index is 12.5. The fourth-order valence-corrected chi connectivity index (χ4v) is 3.02. The van der Waals surface area contributed by atoms with Gasteiger partial charge in [-0.1, -0.05) is 0 Å². The summed E-state index contributed by atoms with van der Waals surface area (Å²) in [6, 6.07) is 0.793. The third kappa shape index (κ3) is 2.52. The van der Waals surface area contributed by atoms with Gasteiger partial charge in [0.25, 0.3) is 5.56 Å². The molecule has 0 aromatic carbocycles. The van der Waals surface area contributed by atoms with Crippen LogP contribution in [0.15, 0.2) is 17.2 Å². The summed E-state index contributed by atoms with van der Waals surface area (Å²) in [5.74, 6) is 0.632. The van der Waals surface area contributed by atoms with Gasteiger partial charge in [-0.25, -0.2) is 4.98 Å². The highest BCUT2D eigenvalue weighted by Gasteiger charge is 2.29. The lowest BCUT2D eigenvalue weighted by Crippen LogP contribution is -2.44. The fraction of sp³-hybridized carbons (Fsp3) is 0.714. The van der Waals surface area contributed by atoms with Crippen molar-refractivity contribution in [2.24, 2.45) is 5.73 Å². The van der Waals surface area contributed by atoms with Crippen LogP contribution in [0.5, 0.6) is 0 Å². The van der Waals surface area contributed by atoms with Crippen LogP contribution in [0.2, 0.25) is 0 Å². The molecular formula is C14H22N4O. The van der Waals surface area contributed by atoms with Gasteiger partial charge in [0.2, 0.25) is 0 Å².